The zero-order chi connectivity index (χ0) is 14.1. The second-order valence-corrected chi connectivity index (χ2v) is 4.93. The second-order valence-electron chi connectivity index (χ2n) is 4.12. The van der Waals surface area contributed by atoms with Crippen LogP contribution in [0.2, 0.25) is 10.0 Å². The summed E-state index contributed by atoms with van der Waals surface area (Å²) in [5, 5.41) is 3.33. The minimum Gasteiger partial charge on any atom is -0.454 e. The Labute approximate surface area is 125 Å². The number of fused-ring (bicyclic) bond motifs is 1. The number of hydrogen-bond donors (Lipinski definition) is 1. The first-order chi connectivity index (χ1) is 9.65. The second kappa shape index (κ2) is 5.23. The number of nitrogens with one attached hydrogen (secondary N) is 1. The first kappa shape index (κ1) is 13.1. The van der Waals surface area contributed by atoms with Gasteiger partial charge >= 0.3 is 0 Å². The van der Waals surface area contributed by atoms with Gasteiger partial charge in [0.15, 0.2) is 11.5 Å². The molecule has 0 bridgehead atoms. The van der Waals surface area contributed by atoms with Gasteiger partial charge in [-0.2, -0.15) is 0 Å². The summed E-state index contributed by atoms with van der Waals surface area (Å²) in [5.74, 6) is 0.867. The number of rotatable bonds is 2. The van der Waals surface area contributed by atoms with Gasteiger partial charge in [0.25, 0.3) is 5.91 Å². The summed E-state index contributed by atoms with van der Waals surface area (Å²) in [6.45, 7) is 0.184. The SMILES string of the molecule is O=C(Nc1ccc2c(c1)OCO2)c1c(Cl)cccc1Cl. The molecule has 1 N–H and O–H groups in total. The molecule has 102 valence electrons. The summed E-state index contributed by atoms with van der Waals surface area (Å²) in [6, 6.07) is 10.0. The molecular formula is C14H9Cl2NO3. The highest BCUT2D eigenvalue weighted by Crippen LogP contribution is 2.34. The Morgan fingerprint density at radius 1 is 1.05 bits per heavy atom. The lowest BCUT2D eigenvalue weighted by atomic mass is 10.2. The molecule has 0 radical (unpaired) electrons. The van der Waals surface area contributed by atoms with E-state index in [0.29, 0.717) is 27.2 Å². The summed E-state index contributed by atoms with van der Waals surface area (Å²) in [4.78, 5) is 12.2. The van der Waals surface area contributed by atoms with Gasteiger partial charge < -0.3 is 14.8 Å². The Kier molecular flexibility index (Phi) is 3.42. The molecule has 4 nitrogen and oxygen atoms in total. The normalized spacial score (nSPS) is 12.3. The van der Waals surface area contributed by atoms with Gasteiger partial charge in [-0.25, -0.2) is 0 Å². The van der Waals surface area contributed by atoms with Gasteiger partial charge in [0.05, 0.1) is 15.6 Å². The van der Waals surface area contributed by atoms with Crippen molar-refractivity contribution >= 4 is 34.8 Å². The maximum atomic E-state index is 12.2. The predicted octanol–water partition coefficient (Wildman–Crippen LogP) is 3.97. The van der Waals surface area contributed by atoms with E-state index in [1.165, 1.54) is 0 Å². The molecule has 1 amide bonds. The monoisotopic (exact) mass is 309 g/mol. The quantitative estimate of drug-likeness (QED) is 0.913. The van der Waals surface area contributed by atoms with E-state index in [-0.39, 0.29) is 18.3 Å². The standard InChI is InChI=1S/C14H9Cl2NO3/c15-9-2-1-3-10(16)13(9)14(18)17-8-4-5-11-12(6-8)20-7-19-11/h1-6H,7H2,(H,17,18). The molecule has 3 rings (SSSR count). The van der Waals surface area contributed by atoms with Crippen LogP contribution in [0.1, 0.15) is 10.4 Å². The molecule has 0 fully saturated rings. The summed E-state index contributed by atoms with van der Waals surface area (Å²) in [5.41, 5.74) is 0.823. The number of carbonyl (C=O) groups excluding carboxylic acids is 1. The van der Waals surface area contributed by atoms with E-state index in [9.17, 15) is 4.79 Å². The lowest BCUT2D eigenvalue weighted by Gasteiger charge is -2.08. The van der Waals surface area contributed by atoms with Crippen molar-refractivity contribution in [2.45, 2.75) is 0 Å². The smallest absolute Gasteiger partial charge is 0.258 e. The van der Waals surface area contributed by atoms with Crippen molar-refractivity contribution in [1.82, 2.24) is 0 Å². The Bertz CT molecular complexity index is 668. The highest BCUT2D eigenvalue weighted by atomic mass is 35.5. The minimum absolute atomic E-state index is 0.184. The molecule has 1 heterocycles. The van der Waals surface area contributed by atoms with Gasteiger partial charge in [-0.1, -0.05) is 29.3 Å². The first-order valence-corrected chi connectivity index (χ1v) is 6.56. The molecule has 0 saturated heterocycles. The molecule has 1 aliphatic heterocycles. The van der Waals surface area contributed by atoms with Crippen molar-refractivity contribution in [3.8, 4) is 11.5 Å². The number of amides is 1. The van der Waals surface area contributed by atoms with Gasteiger partial charge in [-0.15, -0.1) is 0 Å². The third kappa shape index (κ3) is 2.40. The Balaban J connectivity index is 1.86. The summed E-state index contributed by atoms with van der Waals surface area (Å²) in [7, 11) is 0. The lowest BCUT2D eigenvalue weighted by molar-refractivity contribution is 0.102. The van der Waals surface area contributed by atoms with Crippen LogP contribution in [0.4, 0.5) is 5.69 Å². The van der Waals surface area contributed by atoms with Gasteiger partial charge in [0.1, 0.15) is 0 Å². The molecule has 0 saturated carbocycles. The van der Waals surface area contributed by atoms with Crippen LogP contribution in [0.5, 0.6) is 11.5 Å². The lowest BCUT2D eigenvalue weighted by Crippen LogP contribution is -2.13. The number of halogens is 2. The Hall–Kier alpha value is -1.91. The number of benzene rings is 2. The van der Waals surface area contributed by atoms with Crippen LogP contribution in [-0.2, 0) is 0 Å². The molecule has 0 aliphatic carbocycles. The van der Waals surface area contributed by atoms with Gasteiger partial charge in [-0.3, -0.25) is 4.79 Å². The van der Waals surface area contributed by atoms with E-state index >= 15 is 0 Å². The van der Waals surface area contributed by atoms with Crippen LogP contribution in [0.3, 0.4) is 0 Å². The Morgan fingerprint density at radius 2 is 1.75 bits per heavy atom. The molecule has 20 heavy (non-hydrogen) atoms. The van der Waals surface area contributed by atoms with Gasteiger partial charge in [0.2, 0.25) is 6.79 Å². The van der Waals surface area contributed by atoms with E-state index in [2.05, 4.69) is 5.32 Å². The van der Waals surface area contributed by atoms with Crippen molar-refractivity contribution in [3.05, 3.63) is 52.0 Å². The van der Waals surface area contributed by atoms with Gasteiger partial charge in [-0.05, 0) is 24.3 Å². The van der Waals surface area contributed by atoms with E-state index in [1.54, 1.807) is 36.4 Å². The number of carbonyl (C=O) groups is 1. The highest BCUT2D eigenvalue weighted by molar-refractivity contribution is 6.40. The zero-order valence-electron chi connectivity index (χ0n) is 10.2. The number of hydrogen-bond acceptors (Lipinski definition) is 3. The number of anilines is 1. The van der Waals surface area contributed by atoms with Crippen LogP contribution in [0.15, 0.2) is 36.4 Å². The highest BCUT2D eigenvalue weighted by Gasteiger charge is 2.17. The molecule has 2 aromatic rings. The van der Waals surface area contributed by atoms with Crippen molar-refractivity contribution in [2.24, 2.45) is 0 Å². The average Bonchev–Trinajstić information content (AvgIpc) is 2.85. The molecule has 1 aliphatic rings. The van der Waals surface area contributed by atoms with Crippen molar-refractivity contribution in [3.63, 3.8) is 0 Å². The third-order valence-corrected chi connectivity index (χ3v) is 3.45. The number of ether oxygens (including phenoxy) is 2. The summed E-state index contributed by atoms with van der Waals surface area (Å²) in [6.07, 6.45) is 0. The zero-order valence-corrected chi connectivity index (χ0v) is 11.7. The maximum absolute atomic E-state index is 12.2. The van der Waals surface area contributed by atoms with E-state index in [4.69, 9.17) is 32.7 Å². The fourth-order valence-corrected chi connectivity index (χ4v) is 2.45. The van der Waals surface area contributed by atoms with Crippen molar-refractivity contribution < 1.29 is 14.3 Å². The molecule has 2 aromatic carbocycles. The van der Waals surface area contributed by atoms with Crippen LogP contribution >= 0.6 is 23.2 Å². The fourth-order valence-electron chi connectivity index (χ4n) is 1.88. The van der Waals surface area contributed by atoms with Crippen LogP contribution in [0.25, 0.3) is 0 Å². The topological polar surface area (TPSA) is 47.6 Å². The molecule has 0 unspecified atom stereocenters. The average molecular weight is 310 g/mol. The summed E-state index contributed by atoms with van der Waals surface area (Å²) < 4.78 is 10.5. The maximum Gasteiger partial charge on any atom is 0.258 e. The van der Waals surface area contributed by atoms with Crippen LogP contribution in [-0.4, -0.2) is 12.7 Å². The minimum atomic E-state index is -0.375. The van der Waals surface area contributed by atoms with E-state index in [0.717, 1.165) is 0 Å². The van der Waals surface area contributed by atoms with Crippen LogP contribution < -0.4 is 14.8 Å². The van der Waals surface area contributed by atoms with E-state index < -0.39 is 0 Å². The third-order valence-electron chi connectivity index (χ3n) is 2.82. The van der Waals surface area contributed by atoms with Crippen molar-refractivity contribution in [2.75, 3.05) is 12.1 Å². The summed E-state index contributed by atoms with van der Waals surface area (Å²) >= 11 is 12.0. The van der Waals surface area contributed by atoms with Gasteiger partial charge in [0, 0.05) is 11.8 Å². The molecule has 6 heteroatoms. The molecule has 0 atom stereocenters. The van der Waals surface area contributed by atoms with Crippen LogP contribution in [0, 0.1) is 0 Å². The van der Waals surface area contributed by atoms with Crippen molar-refractivity contribution in [1.29, 1.82) is 0 Å². The Morgan fingerprint density at radius 3 is 2.50 bits per heavy atom. The molecule has 0 spiro atoms. The fraction of sp³-hybridized carbons (Fsp3) is 0.0714. The predicted molar refractivity (Wildman–Crippen MR) is 77.0 cm³/mol. The molecular weight excluding hydrogens is 301 g/mol. The largest absolute Gasteiger partial charge is 0.454 e. The first-order valence-electron chi connectivity index (χ1n) is 5.80. The molecule has 0 aromatic heterocycles. The van der Waals surface area contributed by atoms with E-state index in [1.807, 2.05) is 0 Å².